The molecule has 2 aliphatic heterocycles. The van der Waals surface area contributed by atoms with Crippen molar-refractivity contribution in [2.75, 3.05) is 13.2 Å². The molecule has 0 spiro atoms. The molecule has 1 amide bonds. The van der Waals surface area contributed by atoms with E-state index in [0.717, 1.165) is 13.0 Å². The van der Waals surface area contributed by atoms with E-state index in [1.807, 2.05) is 23.1 Å². The van der Waals surface area contributed by atoms with E-state index in [2.05, 4.69) is 25.1 Å². The van der Waals surface area contributed by atoms with Crippen LogP contribution < -0.4 is 0 Å². The lowest BCUT2D eigenvalue weighted by molar-refractivity contribution is -0.146. The third-order valence-electron chi connectivity index (χ3n) is 4.06. The Bertz CT molecular complexity index is 509. The van der Waals surface area contributed by atoms with Crippen LogP contribution in [-0.2, 0) is 16.0 Å². The van der Waals surface area contributed by atoms with Crippen molar-refractivity contribution in [3.63, 3.8) is 0 Å². The number of hydrogen-bond donors (Lipinski definition) is 0. The van der Waals surface area contributed by atoms with Crippen LogP contribution in [0.15, 0.2) is 36.4 Å². The number of ether oxygens (including phenoxy) is 1. The predicted octanol–water partition coefficient (Wildman–Crippen LogP) is 2.48. The van der Waals surface area contributed by atoms with Gasteiger partial charge in [0.25, 0.3) is 5.91 Å². The first-order valence-electron chi connectivity index (χ1n) is 6.92. The normalized spacial score (nSPS) is 26.1. The largest absolute Gasteiger partial charge is 0.364 e. The van der Waals surface area contributed by atoms with Crippen molar-refractivity contribution in [1.82, 2.24) is 4.90 Å². The number of amides is 1. The van der Waals surface area contributed by atoms with Crippen molar-refractivity contribution in [3.05, 3.63) is 47.5 Å². The average Bonchev–Trinajstić information content (AvgIpc) is 2.48. The molecule has 0 bridgehead atoms. The topological polar surface area (TPSA) is 29.5 Å². The highest BCUT2D eigenvalue weighted by atomic mass is 16.5. The molecule has 1 aromatic rings. The summed E-state index contributed by atoms with van der Waals surface area (Å²) in [5, 5.41) is 0. The van der Waals surface area contributed by atoms with Gasteiger partial charge in [-0.2, -0.15) is 0 Å². The lowest BCUT2D eigenvalue weighted by Gasteiger charge is -2.37. The van der Waals surface area contributed by atoms with Gasteiger partial charge in [-0.05, 0) is 24.5 Å². The fourth-order valence-electron chi connectivity index (χ4n) is 2.96. The summed E-state index contributed by atoms with van der Waals surface area (Å²) in [4.78, 5) is 14.5. The second-order valence-electron chi connectivity index (χ2n) is 5.19. The number of carbonyl (C=O) groups is 1. The Morgan fingerprint density at radius 1 is 1.32 bits per heavy atom. The van der Waals surface area contributed by atoms with E-state index < -0.39 is 0 Å². The molecule has 0 aliphatic carbocycles. The van der Waals surface area contributed by atoms with Crippen molar-refractivity contribution in [2.24, 2.45) is 0 Å². The highest BCUT2D eigenvalue weighted by Crippen LogP contribution is 2.30. The molecule has 0 aromatic heterocycles. The van der Waals surface area contributed by atoms with Crippen molar-refractivity contribution >= 4 is 5.91 Å². The minimum absolute atomic E-state index is 0.131. The summed E-state index contributed by atoms with van der Waals surface area (Å²) in [7, 11) is 0. The molecular formula is C16H19NO2. The number of carbonyl (C=O) groups excluding carboxylic acids is 1. The van der Waals surface area contributed by atoms with E-state index in [1.165, 1.54) is 11.1 Å². The van der Waals surface area contributed by atoms with Crippen LogP contribution in [-0.4, -0.2) is 30.1 Å². The molecule has 2 heterocycles. The average molecular weight is 257 g/mol. The first-order chi connectivity index (χ1) is 9.27. The number of fused-ring (bicyclic) bond motifs is 1. The molecule has 0 saturated heterocycles. The fourth-order valence-corrected chi connectivity index (χ4v) is 2.96. The van der Waals surface area contributed by atoms with Gasteiger partial charge in [-0.3, -0.25) is 4.79 Å². The summed E-state index contributed by atoms with van der Waals surface area (Å²) in [6.45, 7) is 3.45. The van der Waals surface area contributed by atoms with Gasteiger partial charge in [0.05, 0.1) is 12.6 Å². The molecule has 100 valence electrons. The molecule has 0 fully saturated rings. The zero-order valence-corrected chi connectivity index (χ0v) is 11.2. The lowest BCUT2D eigenvalue weighted by atomic mass is 9.93. The second kappa shape index (κ2) is 5.17. The standard InChI is InChI=1S/C16H19NO2/c1-12-14-7-3-2-6-13(14)9-10-17(12)16(18)15-8-4-5-11-19-15/h2-7,12,15H,8-11H2,1H3/t12-,15+/m0/s1. The highest BCUT2D eigenvalue weighted by molar-refractivity contribution is 5.82. The van der Waals surface area contributed by atoms with Crippen LogP contribution in [0.1, 0.15) is 30.5 Å². The van der Waals surface area contributed by atoms with Gasteiger partial charge in [0.2, 0.25) is 0 Å². The van der Waals surface area contributed by atoms with Crippen molar-refractivity contribution in [2.45, 2.75) is 31.9 Å². The zero-order chi connectivity index (χ0) is 13.2. The molecule has 2 atom stereocenters. The predicted molar refractivity (Wildman–Crippen MR) is 73.8 cm³/mol. The SMILES string of the molecule is C[C@H]1c2ccccc2CCN1C(=O)[C@H]1CC=CCO1. The molecule has 0 unspecified atom stereocenters. The molecule has 0 radical (unpaired) electrons. The molecule has 19 heavy (non-hydrogen) atoms. The van der Waals surface area contributed by atoms with E-state index in [-0.39, 0.29) is 18.1 Å². The highest BCUT2D eigenvalue weighted by Gasteiger charge is 2.32. The van der Waals surface area contributed by atoms with Gasteiger partial charge < -0.3 is 9.64 Å². The summed E-state index contributed by atoms with van der Waals surface area (Å²) in [6.07, 6.45) is 5.35. The second-order valence-corrected chi connectivity index (χ2v) is 5.19. The van der Waals surface area contributed by atoms with Crippen LogP contribution in [0.25, 0.3) is 0 Å². The summed E-state index contributed by atoms with van der Waals surface area (Å²) >= 11 is 0. The van der Waals surface area contributed by atoms with Gasteiger partial charge in [0.1, 0.15) is 6.10 Å². The van der Waals surface area contributed by atoms with Crippen molar-refractivity contribution < 1.29 is 9.53 Å². The maximum absolute atomic E-state index is 12.5. The molecule has 3 heteroatoms. The van der Waals surface area contributed by atoms with E-state index >= 15 is 0 Å². The van der Waals surface area contributed by atoms with Crippen LogP contribution in [0.4, 0.5) is 0 Å². The minimum atomic E-state index is -0.294. The summed E-state index contributed by atoms with van der Waals surface area (Å²) in [5.74, 6) is 0.131. The summed E-state index contributed by atoms with van der Waals surface area (Å²) in [6, 6.07) is 8.54. The van der Waals surface area contributed by atoms with E-state index in [9.17, 15) is 4.79 Å². The van der Waals surface area contributed by atoms with Crippen molar-refractivity contribution in [3.8, 4) is 0 Å². The number of rotatable bonds is 1. The Labute approximate surface area is 113 Å². The smallest absolute Gasteiger partial charge is 0.252 e. The maximum Gasteiger partial charge on any atom is 0.252 e. The summed E-state index contributed by atoms with van der Waals surface area (Å²) < 4.78 is 5.55. The number of nitrogens with zero attached hydrogens (tertiary/aromatic N) is 1. The maximum atomic E-state index is 12.5. The van der Waals surface area contributed by atoms with Crippen LogP contribution in [0.5, 0.6) is 0 Å². The van der Waals surface area contributed by atoms with Gasteiger partial charge in [-0.1, -0.05) is 36.4 Å². The van der Waals surface area contributed by atoms with Crippen LogP contribution in [0.2, 0.25) is 0 Å². The summed E-state index contributed by atoms with van der Waals surface area (Å²) in [5.41, 5.74) is 2.64. The number of hydrogen-bond acceptors (Lipinski definition) is 2. The molecular weight excluding hydrogens is 238 g/mol. The molecule has 0 saturated carbocycles. The van der Waals surface area contributed by atoms with Gasteiger partial charge in [-0.25, -0.2) is 0 Å². The van der Waals surface area contributed by atoms with E-state index in [4.69, 9.17) is 4.74 Å². The lowest BCUT2D eigenvalue weighted by Crippen LogP contribution is -2.45. The Morgan fingerprint density at radius 3 is 2.95 bits per heavy atom. The number of benzene rings is 1. The quantitative estimate of drug-likeness (QED) is 0.723. The van der Waals surface area contributed by atoms with E-state index in [1.54, 1.807) is 0 Å². The van der Waals surface area contributed by atoms with Crippen molar-refractivity contribution in [1.29, 1.82) is 0 Å². The molecule has 3 rings (SSSR count). The van der Waals surface area contributed by atoms with Crippen LogP contribution in [0, 0.1) is 0 Å². The van der Waals surface area contributed by atoms with Gasteiger partial charge in [0.15, 0.2) is 0 Å². The molecule has 2 aliphatic rings. The zero-order valence-electron chi connectivity index (χ0n) is 11.2. The third-order valence-corrected chi connectivity index (χ3v) is 4.06. The molecule has 1 aromatic carbocycles. The Balaban J connectivity index is 1.80. The first kappa shape index (κ1) is 12.4. The molecule has 3 nitrogen and oxygen atoms in total. The Morgan fingerprint density at radius 2 is 2.16 bits per heavy atom. The van der Waals surface area contributed by atoms with Gasteiger partial charge in [-0.15, -0.1) is 0 Å². The van der Waals surface area contributed by atoms with Gasteiger partial charge >= 0.3 is 0 Å². The Kier molecular flexibility index (Phi) is 3.38. The Hall–Kier alpha value is -1.61. The van der Waals surface area contributed by atoms with E-state index in [0.29, 0.717) is 13.0 Å². The third kappa shape index (κ3) is 2.30. The first-order valence-corrected chi connectivity index (χ1v) is 6.92. The molecule has 0 N–H and O–H groups in total. The van der Waals surface area contributed by atoms with Crippen LogP contribution >= 0.6 is 0 Å². The van der Waals surface area contributed by atoms with Crippen LogP contribution in [0.3, 0.4) is 0 Å². The van der Waals surface area contributed by atoms with Gasteiger partial charge in [0, 0.05) is 13.0 Å². The monoisotopic (exact) mass is 257 g/mol. The fraction of sp³-hybridized carbons (Fsp3) is 0.438. The minimum Gasteiger partial charge on any atom is -0.364 e.